The molecular weight excluding hydrogens is 342 g/mol. The first-order valence-corrected chi connectivity index (χ1v) is 7.97. The number of hydrogen-bond acceptors (Lipinski definition) is 3. The Kier molecular flexibility index (Phi) is 4.34. The number of nitrogens with one attached hydrogen (secondary N) is 1. The van der Waals surface area contributed by atoms with E-state index in [0.29, 0.717) is 6.42 Å². The molecule has 0 fully saturated rings. The van der Waals surface area contributed by atoms with Gasteiger partial charge in [-0.2, -0.15) is 0 Å². The quantitative estimate of drug-likeness (QED) is 0.911. The van der Waals surface area contributed by atoms with Crippen LogP contribution in [0.25, 0.3) is 0 Å². The highest BCUT2D eigenvalue weighted by Crippen LogP contribution is 2.25. The second kappa shape index (κ2) is 6.40. The van der Waals surface area contributed by atoms with Crippen molar-refractivity contribution in [1.82, 2.24) is 4.98 Å². The molecule has 3 rings (SSSR count). The van der Waals surface area contributed by atoms with E-state index in [-0.39, 0.29) is 11.9 Å². The third-order valence-electron chi connectivity index (χ3n) is 3.74. The van der Waals surface area contributed by atoms with Crippen LogP contribution in [0.5, 0.6) is 0 Å². The molecule has 4 nitrogen and oxygen atoms in total. The third kappa shape index (κ3) is 3.25. The molecule has 1 unspecified atom stereocenters. The van der Waals surface area contributed by atoms with Gasteiger partial charge >= 0.3 is 0 Å². The number of halogens is 1. The van der Waals surface area contributed by atoms with E-state index in [2.05, 4.69) is 31.2 Å². The van der Waals surface area contributed by atoms with Gasteiger partial charge in [0.1, 0.15) is 6.04 Å². The maximum atomic E-state index is 12.4. The molecule has 22 heavy (non-hydrogen) atoms. The Hall–Kier alpha value is -2.01. The van der Waals surface area contributed by atoms with Crippen LogP contribution in [0.3, 0.4) is 0 Å². The summed E-state index contributed by atoms with van der Waals surface area (Å²) in [7, 11) is 0. The molecule has 1 aromatic heterocycles. The Bertz CT molecular complexity index is 728. The molecule has 0 saturated carbocycles. The number of aromatic nitrogens is 1. The number of hydrogen-bond donors (Lipinski definition) is 1. The predicted octanol–water partition coefficient (Wildman–Crippen LogP) is 3.61. The molecule has 1 aliphatic heterocycles. The summed E-state index contributed by atoms with van der Waals surface area (Å²) >= 11 is 3.46. The molecule has 0 aliphatic carbocycles. The van der Waals surface area contributed by atoms with Crippen LogP contribution in [-0.2, 0) is 11.2 Å². The number of aliphatic imine (C=N–C) groups is 1. The van der Waals surface area contributed by atoms with Crippen molar-refractivity contribution in [2.24, 2.45) is 4.99 Å². The first-order valence-electron chi connectivity index (χ1n) is 7.17. The van der Waals surface area contributed by atoms with Crippen molar-refractivity contribution >= 4 is 33.2 Å². The van der Waals surface area contributed by atoms with Crippen molar-refractivity contribution in [3.63, 3.8) is 0 Å². The molecule has 112 valence electrons. The molecule has 0 saturated heterocycles. The number of pyridine rings is 1. The number of benzene rings is 1. The Morgan fingerprint density at radius 3 is 2.77 bits per heavy atom. The van der Waals surface area contributed by atoms with Crippen molar-refractivity contribution in [3.05, 3.63) is 58.3 Å². The summed E-state index contributed by atoms with van der Waals surface area (Å²) in [5, 5.41) is 2.98. The molecule has 1 atom stereocenters. The van der Waals surface area contributed by atoms with Crippen LogP contribution in [-0.4, -0.2) is 22.6 Å². The molecule has 0 spiro atoms. The summed E-state index contributed by atoms with van der Waals surface area (Å²) in [6.45, 7) is 1.95. The third-order valence-corrected chi connectivity index (χ3v) is 4.23. The zero-order valence-corrected chi connectivity index (χ0v) is 13.8. The average molecular weight is 358 g/mol. The Labute approximate surface area is 137 Å². The van der Waals surface area contributed by atoms with Gasteiger partial charge in [-0.25, -0.2) is 0 Å². The summed E-state index contributed by atoms with van der Waals surface area (Å²) in [5.41, 5.74) is 3.84. The summed E-state index contributed by atoms with van der Waals surface area (Å²) < 4.78 is 0.977. The number of anilines is 1. The standard InChI is InChI=1S/C17H16BrN3O/c1-11-14-10-13(18)3-5-15(14)21-17(22)16(20-11)4-2-12-6-8-19-9-7-12/h3,5-10,16H,2,4H2,1H3,(H,21,22). The van der Waals surface area contributed by atoms with E-state index in [1.54, 1.807) is 12.4 Å². The number of rotatable bonds is 3. The SMILES string of the molecule is CC1=NC(CCc2ccncc2)C(=O)Nc2ccc(Br)cc21. The first kappa shape index (κ1) is 14.9. The minimum absolute atomic E-state index is 0.0468. The van der Waals surface area contributed by atoms with Crippen molar-refractivity contribution in [2.45, 2.75) is 25.8 Å². The second-order valence-electron chi connectivity index (χ2n) is 5.30. The fraction of sp³-hybridized carbons (Fsp3) is 0.235. The van der Waals surface area contributed by atoms with Gasteiger partial charge in [0.25, 0.3) is 0 Å². The fourth-order valence-corrected chi connectivity index (χ4v) is 2.91. The number of fused-ring (bicyclic) bond motifs is 1. The highest BCUT2D eigenvalue weighted by Gasteiger charge is 2.23. The number of carbonyl (C=O) groups excluding carboxylic acids is 1. The molecule has 2 heterocycles. The van der Waals surface area contributed by atoms with Crippen molar-refractivity contribution in [3.8, 4) is 0 Å². The lowest BCUT2D eigenvalue weighted by Gasteiger charge is -2.10. The molecule has 1 N–H and O–H groups in total. The van der Waals surface area contributed by atoms with Crippen LogP contribution in [0.2, 0.25) is 0 Å². The maximum absolute atomic E-state index is 12.4. The molecular formula is C17H16BrN3O. The van der Waals surface area contributed by atoms with Gasteiger partial charge < -0.3 is 5.32 Å². The van der Waals surface area contributed by atoms with E-state index in [9.17, 15) is 4.79 Å². The molecule has 0 bridgehead atoms. The van der Waals surface area contributed by atoms with E-state index in [4.69, 9.17) is 0 Å². The Balaban J connectivity index is 1.81. The van der Waals surface area contributed by atoms with E-state index < -0.39 is 0 Å². The van der Waals surface area contributed by atoms with Gasteiger partial charge in [0.05, 0.1) is 0 Å². The van der Waals surface area contributed by atoms with Crippen LogP contribution in [0.4, 0.5) is 5.69 Å². The molecule has 1 aromatic carbocycles. The summed E-state index contributed by atoms with van der Waals surface area (Å²) in [6, 6.07) is 9.39. The van der Waals surface area contributed by atoms with Gasteiger partial charge in [-0.1, -0.05) is 15.9 Å². The largest absolute Gasteiger partial charge is 0.324 e. The molecule has 1 amide bonds. The molecule has 2 aromatic rings. The monoisotopic (exact) mass is 357 g/mol. The minimum Gasteiger partial charge on any atom is -0.324 e. The van der Waals surface area contributed by atoms with Crippen LogP contribution < -0.4 is 5.32 Å². The summed E-state index contributed by atoms with van der Waals surface area (Å²) in [4.78, 5) is 21.0. The number of carbonyl (C=O) groups is 1. The number of aryl methyl sites for hydroxylation is 1. The zero-order valence-electron chi connectivity index (χ0n) is 12.2. The smallest absolute Gasteiger partial charge is 0.249 e. The highest BCUT2D eigenvalue weighted by atomic mass is 79.9. The zero-order chi connectivity index (χ0) is 15.5. The highest BCUT2D eigenvalue weighted by molar-refractivity contribution is 9.10. The lowest BCUT2D eigenvalue weighted by atomic mass is 10.1. The molecule has 0 radical (unpaired) electrons. The van der Waals surface area contributed by atoms with Gasteiger partial charge in [-0.15, -0.1) is 0 Å². The Morgan fingerprint density at radius 2 is 2.00 bits per heavy atom. The lowest BCUT2D eigenvalue weighted by molar-refractivity contribution is -0.117. The van der Waals surface area contributed by atoms with Gasteiger partial charge in [-0.3, -0.25) is 14.8 Å². The van der Waals surface area contributed by atoms with Crippen molar-refractivity contribution in [1.29, 1.82) is 0 Å². The topological polar surface area (TPSA) is 54.4 Å². The van der Waals surface area contributed by atoms with Gasteiger partial charge in [0, 0.05) is 33.8 Å². The van der Waals surface area contributed by atoms with Gasteiger partial charge in [-0.05, 0) is 55.7 Å². The maximum Gasteiger partial charge on any atom is 0.249 e. The van der Waals surface area contributed by atoms with Crippen LogP contribution >= 0.6 is 15.9 Å². The minimum atomic E-state index is -0.362. The van der Waals surface area contributed by atoms with E-state index in [1.807, 2.05) is 37.3 Å². The lowest BCUT2D eigenvalue weighted by Crippen LogP contribution is -2.26. The first-order chi connectivity index (χ1) is 10.6. The van der Waals surface area contributed by atoms with E-state index >= 15 is 0 Å². The predicted molar refractivity (Wildman–Crippen MR) is 91.3 cm³/mol. The second-order valence-corrected chi connectivity index (χ2v) is 6.22. The van der Waals surface area contributed by atoms with Crippen molar-refractivity contribution < 1.29 is 4.79 Å². The number of amides is 1. The molecule has 1 aliphatic rings. The fourth-order valence-electron chi connectivity index (χ4n) is 2.55. The number of benzodiazepines with no additional fused rings is 1. The Morgan fingerprint density at radius 1 is 1.23 bits per heavy atom. The van der Waals surface area contributed by atoms with E-state index in [1.165, 1.54) is 5.56 Å². The normalized spacial score (nSPS) is 17.3. The van der Waals surface area contributed by atoms with E-state index in [0.717, 1.165) is 27.9 Å². The van der Waals surface area contributed by atoms with Crippen LogP contribution in [0.15, 0.2) is 52.2 Å². The molecule has 5 heteroatoms. The van der Waals surface area contributed by atoms with Gasteiger partial charge in [0.2, 0.25) is 5.91 Å². The average Bonchev–Trinajstić information content (AvgIpc) is 2.64. The number of nitrogens with zero attached hydrogens (tertiary/aromatic N) is 2. The van der Waals surface area contributed by atoms with Crippen LogP contribution in [0, 0.1) is 0 Å². The summed E-state index contributed by atoms with van der Waals surface area (Å²) in [6.07, 6.45) is 5.02. The van der Waals surface area contributed by atoms with Crippen molar-refractivity contribution in [2.75, 3.05) is 5.32 Å². The summed E-state index contributed by atoms with van der Waals surface area (Å²) in [5.74, 6) is -0.0468. The van der Waals surface area contributed by atoms with Gasteiger partial charge in [0.15, 0.2) is 0 Å². The van der Waals surface area contributed by atoms with Crippen LogP contribution in [0.1, 0.15) is 24.5 Å².